The quantitative estimate of drug-likeness (QED) is 0.178. The molecule has 0 aromatic carbocycles. The van der Waals surface area contributed by atoms with E-state index in [1.807, 2.05) is 48.5 Å². The lowest BCUT2D eigenvalue weighted by atomic mass is 9.85. The van der Waals surface area contributed by atoms with Crippen molar-refractivity contribution in [2.45, 2.75) is 112 Å². The zero-order valence-corrected chi connectivity index (χ0v) is 27.5. The van der Waals surface area contributed by atoms with Gasteiger partial charge in [0.15, 0.2) is 0 Å². The fourth-order valence-electron chi connectivity index (χ4n) is 6.10. The number of rotatable bonds is 13. The van der Waals surface area contributed by atoms with Crippen LogP contribution in [0.3, 0.4) is 0 Å². The number of nitrogens with one attached hydrogen (secondary N) is 3. The van der Waals surface area contributed by atoms with Gasteiger partial charge in [-0.1, -0.05) is 61.3 Å². The summed E-state index contributed by atoms with van der Waals surface area (Å²) in [6, 6.07) is -4.10. The molecular formula is C31H51N5O8. The van der Waals surface area contributed by atoms with Crippen LogP contribution in [0.5, 0.6) is 0 Å². The Balaban J connectivity index is 1.76. The van der Waals surface area contributed by atoms with E-state index in [0.717, 1.165) is 12.8 Å². The summed E-state index contributed by atoms with van der Waals surface area (Å²) in [6.07, 6.45) is 0.963. The summed E-state index contributed by atoms with van der Waals surface area (Å²) in [7, 11) is 0. The Morgan fingerprint density at radius 3 is 2.09 bits per heavy atom. The molecular weight excluding hydrogens is 570 g/mol. The standard InChI is InChI=1S/C31H51N5O8/c1-15(2)20(14-43-29(42)44-16(3)4)34-28(41)35-24(30(5,6)7)27(40)36-13-18-21(31(18,8)9)22(36)26(39)33-19(12-17-10-11-17)23(37)25(32)38/h15-22,24H,10-14H2,1-9H3,(H2,32,38)(H,33,39)(H2,34,35,41)/t18-,19?,20+,21-,22-,24+/m0/s1. The van der Waals surface area contributed by atoms with Crippen molar-refractivity contribution in [3.8, 4) is 0 Å². The van der Waals surface area contributed by atoms with E-state index < -0.39 is 65.3 Å². The predicted molar refractivity (Wildman–Crippen MR) is 161 cm³/mol. The number of piperidine rings is 1. The summed E-state index contributed by atoms with van der Waals surface area (Å²) in [4.78, 5) is 78.8. The largest absolute Gasteiger partial charge is 0.508 e. The lowest BCUT2D eigenvalue weighted by molar-refractivity contribution is -0.145. The van der Waals surface area contributed by atoms with Gasteiger partial charge in [0, 0.05) is 6.54 Å². The SMILES string of the molecule is CC(C)OC(=O)OC[C@@H](NC(=O)N[C@H](C(=O)N1C[C@H]2[C@@H]([C@H]1C(=O)NC(CC1CC1)C(=O)C(N)=O)C2(C)C)C(C)(C)C)C(C)C. The van der Waals surface area contributed by atoms with Crippen LogP contribution in [0, 0.1) is 34.5 Å². The molecule has 2 aliphatic carbocycles. The zero-order chi connectivity index (χ0) is 33.3. The van der Waals surface area contributed by atoms with Crippen molar-refractivity contribution >= 4 is 35.7 Å². The molecule has 1 unspecified atom stereocenters. The van der Waals surface area contributed by atoms with Crippen molar-refractivity contribution in [1.82, 2.24) is 20.9 Å². The van der Waals surface area contributed by atoms with E-state index in [1.165, 1.54) is 4.90 Å². The molecule has 6 atom stereocenters. The number of ketones is 1. The van der Waals surface area contributed by atoms with Gasteiger partial charge in [-0.3, -0.25) is 19.2 Å². The number of amides is 5. The summed E-state index contributed by atoms with van der Waals surface area (Å²) in [5.41, 5.74) is 4.34. The van der Waals surface area contributed by atoms with E-state index in [1.54, 1.807) is 13.8 Å². The maximum atomic E-state index is 14.1. The number of Topliss-reactive ketones (excluding diaryl/α,β-unsaturated/α-hetero) is 1. The molecule has 44 heavy (non-hydrogen) atoms. The van der Waals surface area contributed by atoms with Gasteiger partial charge in [0.2, 0.25) is 17.6 Å². The fraction of sp³-hybridized carbons (Fsp3) is 0.806. The number of ether oxygens (including phenoxy) is 2. The Kier molecular flexibility index (Phi) is 10.6. The summed E-state index contributed by atoms with van der Waals surface area (Å²) in [5.74, 6) is -2.82. The van der Waals surface area contributed by atoms with Crippen LogP contribution in [0.25, 0.3) is 0 Å². The third-order valence-corrected chi connectivity index (χ3v) is 9.12. The van der Waals surface area contributed by atoms with Crippen molar-refractivity contribution in [1.29, 1.82) is 0 Å². The second kappa shape index (κ2) is 13.3. The minimum atomic E-state index is -1.11. The van der Waals surface area contributed by atoms with Crippen molar-refractivity contribution in [2.75, 3.05) is 13.2 Å². The molecule has 5 amide bonds. The number of nitrogens with two attached hydrogens (primary N) is 1. The molecule has 248 valence electrons. The molecule has 0 bridgehead atoms. The Labute approximate surface area is 260 Å². The van der Waals surface area contributed by atoms with Crippen LogP contribution in [0.4, 0.5) is 9.59 Å². The van der Waals surface area contributed by atoms with Crippen molar-refractivity contribution in [3.05, 3.63) is 0 Å². The highest BCUT2D eigenvalue weighted by Gasteiger charge is 2.70. The average molecular weight is 622 g/mol. The van der Waals surface area contributed by atoms with Gasteiger partial charge in [0.1, 0.15) is 18.7 Å². The van der Waals surface area contributed by atoms with Crippen LogP contribution >= 0.6 is 0 Å². The van der Waals surface area contributed by atoms with Gasteiger partial charge in [0.25, 0.3) is 5.91 Å². The molecule has 5 N–H and O–H groups in total. The second-order valence-corrected chi connectivity index (χ2v) is 14.9. The van der Waals surface area contributed by atoms with Crippen molar-refractivity contribution in [2.24, 2.45) is 40.2 Å². The van der Waals surface area contributed by atoms with Crippen molar-refractivity contribution in [3.63, 3.8) is 0 Å². The Morgan fingerprint density at radius 1 is 0.977 bits per heavy atom. The number of fused-ring (bicyclic) bond motifs is 1. The third kappa shape index (κ3) is 8.41. The van der Waals surface area contributed by atoms with Crippen LogP contribution in [-0.2, 0) is 28.7 Å². The molecule has 3 fully saturated rings. The van der Waals surface area contributed by atoms with Crippen LogP contribution in [0.1, 0.15) is 81.6 Å². The van der Waals surface area contributed by atoms with Gasteiger partial charge < -0.3 is 36.1 Å². The van der Waals surface area contributed by atoms with E-state index in [9.17, 15) is 28.8 Å². The van der Waals surface area contributed by atoms with Gasteiger partial charge in [-0.2, -0.15) is 0 Å². The van der Waals surface area contributed by atoms with Gasteiger partial charge in [-0.25, -0.2) is 9.59 Å². The monoisotopic (exact) mass is 621 g/mol. The molecule has 3 aliphatic rings. The highest BCUT2D eigenvalue weighted by atomic mass is 16.7. The molecule has 3 rings (SSSR count). The normalized spacial score (nSPS) is 24.1. The molecule has 0 aromatic heterocycles. The highest BCUT2D eigenvalue weighted by molar-refractivity contribution is 6.37. The smallest absolute Gasteiger partial charge is 0.432 e. The predicted octanol–water partition coefficient (Wildman–Crippen LogP) is 2.11. The van der Waals surface area contributed by atoms with E-state index >= 15 is 0 Å². The first-order valence-electron chi connectivity index (χ1n) is 15.6. The van der Waals surface area contributed by atoms with Crippen LogP contribution in [0.15, 0.2) is 0 Å². The first-order valence-corrected chi connectivity index (χ1v) is 15.6. The number of hydrogen-bond donors (Lipinski definition) is 4. The third-order valence-electron chi connectivity index (χ3n) is 9.12. The Bertz CT molecular complexity index is 1140. The number of primary amides is 1. The van der Waals surface area contributed by atoms with E-state index in [-0.39, 0.29) is 41.8 Å². The Hall–Kier alpha value is -3.38. The molecule has 13 heteroatoms. The van der Waals surface area contributed by atoms with Crippen LogP contribution < -0.4 is 21.7 Å². The van der Waals surface area contributed by atoms with E-state index in [2.05, 4.69) is 16.0 Å². The number of carbonyl (C=O) groups is 6. The van der Waals surface area contributed by atoms with Gasteiger partial charge in [0.05, 0.1) is 18.2 Å². The number of hydrogen-bond acceptors (Lipinski definition) is 8. The second-order valence-electron chi connectivity index (χ2n) is 14.9. The Morgan fingerprint density at radius 2 is 1.59 bits per heavy atom. The molecule has 1 saturated heterocycles. The molecule has 1 aliphatic heterocycles. The number of nitrogens with zero attached hydrogens (tertiary/aromatic N) is 1. The summed E-state index contributed by atoms with van der Waals surface area (Å²) >= 11 is 0. The first-order chi connectivity index (χ1) is 20.2. The topological polar surface area (TPSA) is 186 Å². The van der Waals surface area contributed by atoms with Gasteiger partial charge >= 0.3 is 12.2 Å². The summed E-state index contributed by atoms with van der Waals surface area (Å²) in [5, 5.41) is 8.34. The number of urea groups is 1. The molecule has 0 spiro atoms. The van der Waals surface area contributed by atoms with E-state index in [4.69, 9.17) is 15.2 Å². The molecule has 2 saturated carbocycles. The lowest BCUT2D eigenvalue weighted by Crippen LogP contribution is -2.62. The van der Waals surface area contributed by atoms with Crippen LogP contribution in [0.2, 0.25) is 0 Å². The van der Waals surface area contributed by atoms with Gasteiger partial charge in [-0.15, -0.1) is 0 Å². The maximum Gasteiger partial charge on any atom is 0.508 e. The summed E-state index contributed by atoms with van der Waals surface area (Å²) in [6.45, 7) is 16.8. The minimum absolute atomic E-state index is 0.0680. The van der Waals surface area contributed by atoms with Crippen molar-refractivity contribution < 1.29 is 38.2 Å². The molecule has 1 heterocycles. The minimum Gasteiger partial charge on any atom is -0.432 e. The maximum absolute atomic E-state index is 14.1. The van der Waals surface area contributed by atoms with Gasteiger partial charge in [-0.05, 0) is 54.8 Å². The average Bonchev–Trinajstić information content (AvgIpc) is 3.74. The molecule has 13 nitrogen and oxygen atoms in total. The molecule has 0 aromatic rings. The van der Waals surface area contributed by atoms with Crippen LogP contribution in [-0.4, -0.2) is 84.0 Å². The summed E-state index contributed by atoms with van der Waals surface area (Å²) < 4.78 is 10.2. The zero-order valence-electron chi connectivity index (χ0n) is 27.5. The highest BCUT2D eigenvalue weighted by Crippen LogP contribution is 2.65. The van der Waals surface area contributed by atoms with E-state index in [0.29, 0.717) is 13.0 Å². The fourth-order valence-corrected chi connectivity index (χ4v) is 6.10. The first kappa shape index (κ1) is 35.1. The molecule has 0 radical (unpaired) electrons. The number of carbonyl (C=O) groups excluding carboxylic acids is 6. The lowest BCUT2D eigenvalue weighted by Gasteiger charge is -2.38. The number of likely N-dealkylation sites (tertiary alicyclic amines) is 1.